The lowest BCUT2D eigenvalue weighted by atomic mass is 9.78. The van der Waals surface area contributed by atoms with Crippen molar-refractivity contribution in [3.63, 3.8) is 0 Å². The van der Waals surface area contributed by atoms with Crippen LogP contribution in [0, 0.1) is 17.7 Å². The van der Waals surface area contributed by atoms with Crippen molar-refractivity contribution in [1.29, 1.82) is 0 Å². The summed E-state index contributed by atoms with van der Waals surface area (Å²) in [5.41, 5.74) is 1.79. The number of pyridine rings is 1. The summed E-state index contributed by atoms with van der Waals surface area (Å²) in [6.45, 7) is 4.48. The molecule has 0 bridgehead atoms. The lowest BCUT2D eigenvalue weighted by Gasteiger charge is -2.35. The Bertz CT molecular complexity index is 1260. The molecule has 0 unspecified atom stereocenters. The topological polar surface area (TPSA) is 65.1 Å². The van der Waals surface area contributed by atoms with E-state index in [0.29, 0.717) is 39.8 Å². The van der Waals surface area contributed by atoms with E-state index in [0.717, 1.165) is 12.8 Å². The molecule has 4 aromatic rings. The van der Waals surface area contributed by atoms with Crippen LogP contribution in [-0.4, -0.2) is 24.1 Å². The van der Waals surface area contributed by atoms with Gasteiger partial charge >= 0.3 is 0 Å². The first-order valence-corrected chi connectivity index (χ1v) is 10.0. The molecule has 29 heavy (non-hydrogen) atoms. The summed E-state index contributed by atoms with van der Waals surface area (Å²) in [5, 5.41) is 4.77. The fourth-order valence-corrected chi connectivity index (χ4v) is 4.62. The molecule has 0 N–H and O–H groups in total. The van der Waals surface area contributed by atoms with E-state index in [9.17, 15) is 9.18 Å². The molecule has 3 atom stereocenters. The van der Waals surface area contributed by atoms with Crippen molar-refractivity contribution in [2.45, 2.75) is 39.2 Å². The Morgan fingerprint density at radius 1 is 1.10 bits per heavy atom. The van der Waals surface area contributed by atoms with Crippen LogP contribution >= 0.6 is 0 Å². The van der Waals surface area contributed by atoms with Gasteiger partial charge in [-0.05, 0) is 48.6 Å². The van der Waals surface area contributed by atoms with Gasteiger partial charge in [0, 0.05) is 17.8 Å². The Labute approximate surface area is 167 Å². The number of hydrogen-bond acceptors (Lipinski definition) is 4. The van der Waals surface area contributed by atoms with Crippen LogP contribution in [0.3, 0.4) is 0 Å². The maximum Gasteiger partial charge on any atom is 0.262 e. The third-order valence-corrected chi connectivity index (χ3v) is 6.44. The molecular weight excluding hydrogens is 369 g/mol. The van der Waals surface area contributed by atoms with Gasteiger partial charge in [0.15, 0.2) is 0 Å². The molecule has 0 aliphatic heterocycles. The van der Waals surface area contributed by atoms with Crippen LogP contribution in [-0.2, 0) is 0 Å². The van der Waals surface area contributed by atoms with Crippen molar-refractivity contribution in [2.24, 2.45) is 11.8 Å². The summed E-state index contributed by atoms with van der Waals surface area (Å²) in [4.78, 5) is 22.4. The molecular formula is C22H22FN5O. The maximum atomic E-state index is 13.7. The van der Waals surface area contributed by atoms with Gasteiger partial charge in [0.2, 0.25) is 0 Å². The Morgan fingerprint density at radius 3 is 2.69 bits per heavy atom. The van der Waals surface area contributed by atoms with Crippen LogP contribution in [0.1, 0.15) is 39.2 Å². The van der Waals surface area contributed by atoms with Crippen molar-refractivity contribution in [1.82, 2.24) is 24.1 Å². The molecule has 1 aliphatic carbocycles. The second-order valence-corrected chi connectivity index (χ2v) is 8.06. The zero-order valence-electron chi connectivity index (χ0n) is 16.4. The third kappa shape index (κ3) is 2.84. The van der Waals surface area contributed by atoms with Gasteiger partial charge in [-0.25, -0.2) is 9.37 Å². The highest BCUT2D eigenvalue weighted by atomic mass is 19.1. The minimum atomic E-state index is -0.329. The Balaban J connectivity index is 1.82. The molecule has 0 amide bonds. The smallest absolute Gasteiger partial charge is 0.262 e. The third-order valence-electron chi connectivity index (χ3n) is 6.44. The molecule has 1 saturated carbocycles. The number of aromatic nitrogens is 5. The summed E-state index contributed by atoms with van der Waals surface area (Å²) < 4.78 is 16.9. The molecule has 7 heteroatoms. The van der Waals surface area contributed by atoms with E-state index in [1.165, 1.54) is 24.9 Å². The normalized spacial score (nSPS) is 22.4. The van der Waals surface area contributed by atoms with Crippen LogP contribution in [0.15, 0.2) is 47.7 Å². The molecule has 6 nitrogen and oxygen atoms in total. The first kappa shape index (κ1) is 18.0. The number of halogens is 1. The second-order valence-electron chi connectivity index (χ2n) is 8.06. The Kier molecular flexibility index (Phi) is 4.19. The van der Waals surface area contributed by atoms with Crippen LogP contribution in [0.2, 0.25) is 0 Å². The van der Waals surface area contributed by atoms with E-state index in [1.54, 1.807) is 16.6 Å². The zero-order valence-corrected chi connectivity index (χ0v) is 16.4. The van der Waals surface area contributed by atoms with E-state index >= 15 is 0 Å². The van der Waals surface area contributed by atoms with Gasteiger partial charge in [-0.3, -0.25) is 4.79 Å². The van der Waals surface area contributed by atoms with E-state index < -0.39 is 0 Å². The predicted molar refractivity (Wildman–Crippen MR) is 109 cm³/mol. The summed E-state index contributed by atoms with van der Waals surface area (Å²) in [6, 6.07) is 8.13. The standard InChI is InChI=1S/C22H22FN5O/c1-13-4-3-5-18(14(13)2)27-11-10-17-19(21(27)29)20(15-6-8-16(23)9-7-15)28-22(26-17)24-12-25-28/h6-14,18H,3-5H2,1-2H3/t13-,14+,18-/m0/s1. The molecule has 1 aliphatic rings. The highest BCUT2D eigenvalue weighted by Crippen LogP contribution is 2.37. The number of nitrogens with zero attached hydrogens (tertiary/aromatic N) is 5. The molecule has 148 valence electrons. The van der Waals surface area contributed by atoms with Crippen molar-refractivity contribution in [2.75, 3.05) is 0 Å². The van der Waals surface area contributed by atoms with Gasteiger partial charge in [-0.2, -0.15) is 14.6 Å². The van der Waals surface area contributed by atoms with Crippen molar-refractivity contribution < 1.29 is 4.39 Å². The van der Waals surface area contributed by atoms with E-state index in [2.05, 4.69) is 28.9 Å². The fourth-order valence-electron chi connectivity index (χ4n) is 4.62. The van der Waals surface area contributed by atoms with Gasteiger partial charge in [-0.1, -0.05) is 26.7 Å². The molecule has 0 radical (unpaired) electrons. The number of rotatable bonds is 2. The molecule has 0 saturated heterocycles. The van der Waals surface area contributed by atoms with Crippen molar-refractivity contribution in [3.05, 3.63) is 59.0 Å². The predicted octanol–water partition coefficient (Wildman–Crippen LogP) is 4.24. The SMILES string of the molecule is C[C@@H]1[C@@H](C)CCC[C@@H]1n1ccc2nc3ncnn3c(-c3ccc(F)cc3)c2c1=O. The quantitative estimate of drug-likeness (QED) is 0.513. The second kappa shape index (κ2) is 6.76. The first-order chi connectivity index (χ1) is 14.0. The van der Waals surface area contributed by atoms with Crippen LogP contribution < -0.4 is 5.56 Å². The monoisotopic (exact) mass is 391 g/mol. The summed E-state index contributed by atoms with van der Waals surface area (Å²) in [7, 11) is 0. The lowest BCUT2D eigenvalue weighted by molar-refractivity contribution is 0.183. The van der Waals surface area contributed by atoms with Crippen LogP contribution in [0.5, 0.6) is 0 Å². The fraction of sp³-hybridized carbons (Fsp3) is 0.364. The van der Waals surface area contributed by atoms with E-state index in [-0.39, 0.29) is 17.4 Å². The zero-order chi connectivity index (χ0) is 20.1. The number of benzene rings is 1. The number of hydrogen-bond donors (Lipinski definition) is 0. The Morgan fingerprint density at radius 2 is 1.90 bits per heavy atom. The van der Waals surface area contributed by atoms with E-state index in [4.69, 9.17) is 0 Å². The van der Waals surface area contributed by atoms with Gasteiger partial charge < -0.3 is 4.57 Å². The van der Waals surface area contributed by atoms with Gasteiger partial charge in [0.25, 0.3) is 11.3 Å². The molecule has 3 aromatic heterocycles. The summed E-state index contributed by atoms with van der Waals surface area (Å²) in [6.07, 6.45) is 6.57. The van der Waals surface area contributed by atoms with Gasteiger partial charge in [-0.15, -0.1) is 0 Å². The summed E-state index contributed by atoms with van der Waals surface area (Å²) in [5.74, 6) is 1.07. The molecule has 0 spiro atoms. The number of fused-ring (bicyclic) bond motifs is 2. The van der Waals surface area contributed by atoms with E-state index in [1.807, 2.05) is 16.8 Å². The van der Waals surface area contributed by atoms with Crippen molar-refractivity contribution >= 4 is 16.7 Å². The minimum Gasteiger partial charge on any atom is -0.311 e. The minimum absolute atomic E-state index is 0.0855. The molecule has 3 heterocycles. The maximum absolute atomic E-state index is 13.7. The molecule has 1 aromatic carbocycles. The summed E-state index contributed by atoms with van der Waals surface area (Å²) >= 11 is 0. The molecule has 1 fully saturated rings. The van der Waals surface area contributed by atoms with Crippen LogP contribution in [0.4, 0.5) is 4.39 Å². The van der Waals surface area contributed by atoms with Gasteiger partial charge in [0.1, 0.15) is 12.1 Å². The highest BCUT2D eigenvalue weighted by molar-refractivity contribution is 5.93. The Hall–Kier alpha value is -3.09. The van der Waals surface area contributed by atoms with Crippen molar-refractivity contribution in [3.8, 4) is 11.3 Å². The average Bonchev–Trinajstić information content (AvgIpc) is 3.18. The lowest BCUT2D eigenvalue weighted by Crippen LogP contribution is -2.33. The van der Waals surface area contributed by atoms with Crippen LogP contribution in [0.25, 0.3) is 27.9 Å². The average molecular weight is 391 g/mol. The molecule has 5 rings (SSSR count). The largest absolute Gasteiger partial charge is 0.311 e. The van der Waals surface area contributed by atoms with Gasteiger partial charge in [0.05, 0.1) is 16.6 Å². The highest BCUT2D eigenvalue weighted by Gasteiger charge is 2.30. The first-order valence-electron chi connectivity index (χ1n) is 10.0.